The molecule has 1 aliphatic rings. The number of anilines is 1. The summed E-state index contributed by atoms with van der Waals surface area (Å²) in [6.07, 6.45) is 1.59. The zero-order valence-electron chi connectivity index (χ0n) is 18.8. The molecule has 7 heteroatoms. The van der Waals surface area contributed by atoms with E-state index in [9.17, 15) is 14.7 Å². The number of amides is 1. The number of rotatable bonds is 5. The van der Waals surface area contributed by atoms with Gasteiger partial charge >= 0.3 is 0 Å². The van der Waals surface area contributed by atoms with Crippen LogP contribution >= 0.6 is 0 Å². The molecule has 1 N–H and O–H groups in total. The van der Waals surface area contributed by atoms with E-state index in [0.717, 1.165) is 5.56 Å². The van der Waals surface area contributed by atoms with Gasteiger partial charge < -0.3 is 14.6 Å². The molecule has 0 aliphatic carbocycles. The summed E-state index contributed by atoms with van der Waals surface area (Å²) in [4.78, 5) is 32.2. The van der Waals surface area contributed by atoms with E-state index in [1.807, 2.05) is 13.8 Å². The van der Waals surface area contributed by atoms with Crippen LogP contribution in [-0.2, 0) is 9.59 Å². The van der Waals surface area contributed by atoms with Crippen LogP contribution < -0.4 is 14.4 Å². The molecule has 0 bridgehead atoms. The Morgan fingerprint density at radius 1 is 0.970 bits per heavy atom. The Morgan fingerprint density at radius 2 is 1.76 bits per heavy atom. The predicted octanol–water partition coefficient (Wildman–Crippen LogP) is 4.34. The zero-order valence-corrected chi connectivity index (χ0v) is 18.8. The van der Waals surface area contributed by atoms with Crippen molar-refractivity contribution in [3.63, 3.8) is 0 Å². The lowest BCUT2D eigenvalue weighted by atomic mass is 9.95. The molecule has 2 heterocycles. The molecule has 3 aromatic rings. The summed E-state index contributed by atoms with van der Waals surface area (Å²) in [6.45, 7) is 3.66. The number of ether oxygens (including phenoxy) is 2. The van der Waals surface area contributed by atoms with Crippen molar-refractivity contribution in [3.05, 3.63) is 88.8 Å². The molecular weight excluding hydrogens is 420 g/mol. The molecule has 1 aliphatic heterocycles. The molecule has 0 spiro atoms. The van der Waals surface area contributed by atoms with Crippen LogP contribution in [0, 0.1) is 13.8 Å². The molecule has 1 fully saturated rings. The van der Waals surface area contributed by atoms with Crippen molar-refractivity contribution in [2.75, 3.05) is 19.1 Å². The number of ketones is 1. The first-order chi connectivity index (χ1) is 15.9. The van der Waals surface area contributed by atoms with Gasteiger partial charge in [-0.15, -0.1) is 0 Å². The van der Waals surface area contributed by atoms with Crippen LogP contribution in [0.5, 0.6) is 11.5 Å². The van der Waals surface area contributed by atoms with Gasteiger partial charge in [-0.1, -0.05) is 12.1 Å². The van der Waals surface area contributed by atoms with E-state index in [2.05, 4.69) is 4.98 Å². The number of hydrogen-bond donors (Lipinski definition) is 1. The summed E-state index contributed by atoms with van der Waals surface area (Å²) in [6, 6.07) is 14.8. The van der Waals surface area contributed by atoms with Crippen molar-refractivity contribution in [1.82, 2.24) is 4.98 Å². The minimum atomic E-state index is -0.903. The number of carbonyl (C=O) groups excluding carboxylic acids is 2. The Bertz CT molecular complexity index is 1270. The van der Waals surface area contributed by atoms with Crippen molar-refractivity contribution < 1.29 is 24.2 Å². The number of benzene rings is 2. The largest absolute Gasteiger partial charge is 0.507 e. The van der Waals surface area contributed by atoms with Crippen molar-refractivity contribution in [1.29, 1.82) is 0 Å². The van der Waals surface area contributed by atoms with Crippen molar-refractivity contribution in [3.8, 4) is 11.5 Å². The normalized spacial score (nSPS) is 17.3. The van der Waals surface area contributed by atoms with Gasteiger partial charge in [-0.2, -0.15) is 0 Å². The smallest absolute Gasteiger partial charge is 0.300 e. The van der Waals surface area contributed by atoms with E-state index >= 15 is 0 Å². The number of nitrogens with zero attached hydrogens (tertiary/aromatic N) is 2. The van der Waals surface area contributed by atoms with Gasteiger partial charge in [0, 0.05) is 23.5 Å². The molecule has 0 saturated carbocycles. The summed E-state index contributed by atoms with van der Waals surface area (Å²) in [7, 11) is 3.10. The quantitative estimate of drug-likeness (QED) is 0.358. The van der Waals surface area contributed by atoms with Gasteiger partial charge in [0.2, 0.25) is 0 Å². The molecule has 1 amide bonds. The molecular formula is C26H24N2O5. The number of aliphatic hydroxyl groups is 1. The van der Waals surface area contributed by atoms with Crippen molar-refractivity contribution in [2.24, 2.45) is 0 Å². The maximum atomic E-state index is 13.3. The Labute approximate surface area is 191 Å². The van der Waals surface area contributed by atoms with Gasteiger partial charge in [-0.05, 0) is 61.4 Å². The first kappa shape index (κ1) is 22.1. The number of Topliss-reactive ketones (excluding diaryl/α,β-unsaturated/α-hetero) is 1. The SMILES string of the molecule is COc1cccc(N2C(=O)C(=O)/C(=C(/O)c3cc(C)c(OC)cc3C)C2c2ccccn2)c1. The summed E-state index contributed by atoms with van der Waals surface area (Å²) in [5.74, 6) is -0.571. The average molecular weight is 444 g/mol. The summed E-state index contributed by atoms with van der Waals surface area (Å²) >= 11 is 0. The lowest BCUT2D eigenvalue weighted by Gasteiger charge is -2.25. The van der Waals surface area contributed by atoms with Gasteiger partial charge in [0.05, 0.1) is 25.5 Å². The Balaban J connectivity index is 1.96. The minimum Gasteiger partial charge on any atom is -0.507 e. The van der Waals surface area contributed by atoms with Crippen LogP contribution in [0.3, 0.4) is 0 Å². The van der Waals surface area contributed by atoms with Crippen molar-refractivity contribution in [2.45, 2.75) is 19.9 Å². The predicted molar refractivity (Wildman–Crippen MR) is 124 cm³/mol. The molecule has 7 nitrogen and oxygen atoms in total. The maximum Gasteiger partial charge on any atom is 0.300 e. The van der Waals surface area contributed by atoms with Crippen LogP contribution in [-0.4, -0.2) is 36.0 Å². The van der Waals surface area contributed by atoms with Crippen molar-refractivity contribution >= 4 is 23.1 Å². The van der Waals surface area contributed by atoms with Gasteiger partial charge in [0.25, 0.3) is 11.7 Å². The highest BCUT2D eigenvalue weighted by molar-refractivity contribution is 6.51. The second-order valence-corrected chi connectivity index (χ2v) is 7.76. The highest BCUT2D eigenvalue weighted by atomic mass is 16.5. The Kier molecular flexibility index (Phi) is 5.87. The van der Waals surface area contributed by atoms with Gasteiger partial charge in [-0.3, -0.25) is 19.5 Å². The van der Waals surface area contributed by atoms with Crippen LogP contribution in [0.4, 0.5) is 5.69 Å². The van der Waals surface area contributed by atoms with Gasteiger partial charge in [0.15, 0.2) is 0 Å². The van der Waals surface area contributed by atoms with E-state index in [-0.39, 0.29) is 11.3 Å². The summed E-state index contributed by atoms with van der Waals surface area (Å²) < 4.78 is 10.7. The fraction of sp³-hybridized carbons (Fsp3) is 0.192. The molecule has 168 valence electrons. The molecule has 4 rings (SSSR count). The third kappa shape index (κ3) is 3.82. The van der Waals surface area contributed by atoms with Crippen LogP contribution in [0.15, 0.2) is 66.4 Å². The number of hydrogen-bond acceptors (Lipinski definition) is 6. The number of aryl methyl sites for hydroxylation is 2. The fourth-order valence-electron chi connectivity index (χ4n) is 4.09. The number of carbonyl (C=O) groups is 2. The van der Waals surface area contributed by atoms with Gasteiger partial charge in [0.1, 0.15) is 23.3 Å². The number of pyridine rings is 1. The lowest BCUT2D eigenvalue weighted by Crippen LogP contribution is -2.29. The van der Waals surface area contributed by atoms with Crippen LogP contribution in [0.2, 0.25) is 0 Å². The molecule has 1 saturated heterocycles. The maximum absolute atomic E-state index is 13.3. The number of aromatic nitrogens is 1. The molecule has 33 heavy (non-hydrogen) atoms. The number of aliphatic hydroxyl groups excluding tert-OH is 1. The Morgan fingerprint density at radius 3 is 2.42 bits per heavy atom. The van der Waals surface area contributed by atoms with E-state index in [1.54, 1.807) is 67.9 Å². The highest BCUT2D eigenvalue weighted by Crippen LogP contribution is 2.42. The lowest BCUT2D eigenvalue weighted by molar-refractivity contribution is -0.132. The van der Waals surface area contributed by atoms with E-state index in [0.29, 0.717) is 34.0 Å². The monoisotopic (exact) mass is 444 g/mol. The first-order valence-electron chi connectivity index (χ1n) is 10.4. The molecule has 1 atom stereocenters. The molecule has 2 aromatic carbocycles. The third-order valence-corrected chi connectivity index (χ3v) is 5.74. The minimum absolute atomic E-state index is 0.0193. The standard InChI is InChI=1S/C26H24N2O5/c1-15-13-21(33-4)16(2)12-19(15)24(29)22-23(20-10-5-6-11-27-20)28(26(31)25(22)30)17-8-7-9-18(14-17)32-3/h5-14,23,29H,1-4H3/b24-22+. The van der Waals surface area contributed by atoms with E-state index in [1.165, 1.54) is 12.0 Å². The van der Waals surface area contributed by atoms with E-state index < -0.39 is 17.7 Å². The third-order valence-electron chi connectivity index (χ3n) is 5.74. The zero-order chi connectivity index (χ0) is 23.7. The molecule has 1 aromatic heterocycles. The molecule has 1 unspecified atom stereocenters. The second-order valence-electron chi connectivity index (χ2n) is 7.76. The van der Waals surface area contributed by atoms with Gasteiger partial charge in [-0.25, -0.2) is 0 Å². The molecule has 0 radical (unpaired) electrons. The average Bonchev–Trinajstić information content (AvgIpc) is 3.10. The van der Waals surface area contributed by atoms with Crippen LogP contribution in [0.1, 0.15) is 28.4 Å². The second kappa shape index (κ2) is 8.78. The highest BCUT2D eigenvalue weighted by Gasteiger charge is 2.47. The Hall–Kier alpha value is -4.13. The first-order valence-corrected chi connectivity index (χ1v) is 10.4. The van der Waals surface area contributed by atoms with Crippen LogP contribution in [0.25, 0.3) is 5.76 Å². The number of methoxy groups -OCH3 is 2. The summed E-state index contributed by atoms with van der Waals surface area (Å²) in [5.41, 5.74) is 2.87. The van der Waals surface area contributed by atoms with E-state index in [4.69, 9.17) is 9.47 Å². The fourth-order valence-corrected chi connectivity index (χ4v) is 4.09. The topological polar surface area (TPSA) is 89.0 Å². The summed E-state index contributed by atoms with van der Waals surface area (Å²) in [5, 5.41) is 11.4.